The zero-order valence-corrected chi connectivity index (χ0v) is 17.8. The number of ether oxygens (including phenoxy) is 1. The second-order valence-electron chi connectivity index (χ2n) is 8.84. The van der Waals surface area contributed by atoms with Crippen molar-refractivity contribution >= 4 is 29.4 Å². The molecule has 2 aromatic carbocycles. The first-order valence-electron chi connectivity index (χ1n) is 10.9. The maximum Gasteiger partial charge on any atom is 0.330 e. The second-order valence-corrected chi connectivity index (χ2v) is 9.24. The van der Waals surface area contributed by atoms with Gasteiger partial charge in [-0.15, -0.1) is 0 Å². The Morgan fingerprint density at radius 2 is 1.58 bits per heavy atom. The van der Waals surface area contributed by atoms with Crippen molar-refractivity contribution in [2.75, 3.05) is 0 Å². The summed E-state index contributed by atoms with van der Waals surface area (Å²) in [6.45, 7) is -0.00186. The van der Waals surface area contributed by atoms with Crippen molar-refractivity contribution in [2.24, 2.45) is 23.7 Å². The van der Waals surface area contributed by atoms with E-state index < -0.39 is 12.0 Å². The van der Waals surface area contributed by atoms with E-state index >= 15 is 0 Å². The maximum atomic E-state index is 13.3. The lowest BCUT2D eigenvalue weighted by molar-refractivity contribution is -0.160. The Balaban J connectivity index is 1.40. The fourth-order valence-corrected chi connectivity index (χ4v) is 5.91. The molecular weight excluding hydrogens is 414 g/mol. The molecule has 0 spiro atoms. The summed E-state index contributed by atoms with van der Waals surface area (Å²) in [7, 11) is 0. The summed E-state index contributed by atoms with van der Waals surface area (Å²) in [5.74, 6) is -0.948. The zero-order chi connectivity index (χ0) is 21.5. The Kier molecular flexibility index (Phi) is 5.30. The summed E-state index contributed by atoms with van der Waals surface area (Å²) in [5, 5.41) is 0.509. The third-order valence-electron chi connectivity index (χ3n) is 7.14. The van der Waals surface area contributed by atoms with Gasteiger partial charge >= 0.3 is 5.97 Å². The number of carbonyl (C=O) groups is 3. The van der Waals surface area contributed by atoms with E-state index in [0.717, 1.165) is 24.8 Å². The van der Waals surface area contributed by atoms with Gasteiger partial charge < -0.3 is 4.74 Å². The van der Waals surface area contributed by atoms with Gasteiger partial charge in [0.05, 0.1) is 11.8 Å². The molecular formula is C25H24ClNO4. The van der Waals surface area contributed by atoms with Crippen LogP contribution in [-0.2, 0) is 32.1 Å². The van der Waals surface area contributed by atoms with E-state index in [9.17, 15) is 14.4 Å². The maximum absolute atomic E-state index is 13.3. The van der Waals surface area contributed by atoms with E-state index in [1.807, 2.05) is 36.4 Å². The summed E-state index contributed by atoms with van der Waals surface area (Å²) < 4.78 is 5.57. The molecule has 1 aliphatic heterocycles. The highest BCUT2D eigenvalue weighted by molar-refractivity contribution is 6.31. The smallest absolute Gasteiger partial charge is 0.330 e. The number of rotatable bonds is 6. The average molecular weight is 438 g/mol. The van der Waals surface area contributed by atoms with E-state index in [1.165, 1.54) is 4.90 Å². The molecule has 5 atom stereocenters. The van der Waals surface area contributed by atoms with Crippen LogP contribution in [0.25, 0.3) is 0 Å². The first kappa shape index (κ1) is 20.3. The van der Waals surface area contributed by atoms with Gasteiger partial charge in [-0.05, 0) is 42.7 Å². The van der Waals surface area contributed by atoms with Gasteiger partial charge in [-0.3, -0.25) is 14.5 Å². The standard InChI is InChI=1S/C25H24ClNO4/c26-19-9-5-4-8-18(19)14-31-25(30)20(12-15-6-2-1-3-7-15)27-23(28)21-16-10-11-17(13-16)22(21)24(27)29/h1-9,16-17,20-22H,10-14H2/t16-,17-,20-,21-,22+/m0/s1. The third-order valence-corrected chi connectivity index (χ3v) is 7.51. The van der Waals surface area contributed by atoms with Crippen LogP contribution in [0.1, 0.15) is 30.4 Å². The molecule has 2 bridgehead atoms. The number of nitrogens with zero attached hydrogens (tertiary/aromatic N) is 1. The summed E-state index contributed by atoms with van der Waals surface area (Å²) >= 11 is 6.18. The lowest BCUT2D eigenvalue weighted by Gasteiger charge is -2.26. The predicted molar refractivity (Wildman–Crippen MR) is 115 cm³/mol. The van der Waals surface area contributed by atoms with Crippen LogP contribution in [0.2, 0.25) is 5.02 Å². The number of benzene rings is 2. The van der Waals surface area contributed by atoms with Crippen LogP contribution in [0.3, 0.4) is 0 Å². The van der Waals surface area contributed by atoms with Crippen molar-refractivity contribution in [3.8, 4) is 0 Å². The van der Waals surface area contributed by atoms with Gasteiger partial charge in [0.1, 0.15) is 12.6 Å². The number of hydrogen-bond acceptors (Lipinski definition) is 4. The highest BCUT2D eigenvalue weighted by Gasteiger charge is 2.62. The van der Waals surface area contributed by atoms with Crippen LogP contribution >= 0.6 is 11.6 Å². The van der Waals surface area contributed by atoms with E-state index in [4.69, 9.17) is 16.3 Å². The van der Waals surface area contributed by atoms with Gasteiger partial charge in [0.2, 0.25) is 11.8 Å². The van der Waals surface area contributed by atoms with E-state index in [0.29, 0.717) is 10.6 Å². The molecule has 3 aliphatic rings. The van der Waals surface area contributed by atoms with Crippen LogP contribution in [0.15, 0.2) is 54.6 Å². The normalized spacial score (nSPS) is 27.5. The molecule has 3 fully saturated rings. The minimum atomic E-state index is -0.963. The van der Waals surface area contributed by atoms with Gasteiger partial charge in [-0.25, -0.2) is 4.79 Å². The van der Waals surface area contributed by atoms with E-state index in [2.05, 4.69) is 0 Å². The van der Waals surface area contributed by atoms with Crippen LogP contribution < -0.4 is 0 Å². The van der Waals surface area contributed by atoms with Crippen molar-refractivity contribution in [2.45, 2.75) is 38.3 Å². The fourth-order valence-electron chi connectivity index (χ4n) is 5.72. The largest absolute Gasteiger partial charge is 0.459 e. The molecule has 0 unspecified atom stereocenters. The summed E-state index contributed by atoms with van der Waals surface area (Å²) in [4.78, 5) is 41.1. The molecule has 0 radical (unpaired) electrons. The van der Waals surface area contributed by atoms with Crippen LogP contribution in [-0.4, -0.2) is 28.7 Å². The minimum absolute atomic E-state index is 0.00186. The summed E-state index contributed by atoms with van der Waals surface area (Å²) in [5.41, 5.74) is 1.56. The van der Waals surface area contributed by atoms with E-state index in [1.54, 1.807) is 18.2 Å². The lowest BCUT2D eigenvalue weighted by Crippen LogP contribution is -2.48. The molecule has 5 rings (SSSR count). The molecule has 2 saturated carbocycles. The number of likely N-dealkylation sites (tertiary alicyclic amines) is 1. The highest BCUT2D eigenvalue weighted by atomic mass is 35.5. The van der Waals surface area contributed by atoms with Gasteiger partial charge in [0, 0.05) is 17.0 Å². The Labute approximate surface area is 186 Å². The molecule has 5 nitrogen and oxygen atoms in total. The second kappa shape index (κ2) is 8.12. The highest BCUT2D eigenvalue weighted by Crippen LogP contribution is 2.56. The third kappa shape index (κ3) is 3.55. The van der Waals surface area contributed by atoms with Crippen molar-refractivity contribution in [3.63, 3.8) is 0 Å². The Morgan fingerprint density at radius 3 is 2.23 bits per heavy atom. The minimum Gasteiger partial charge on any atom is -0.459 e. The topological polar surface area (TPSA) is 63.7 Å². The van der Waals surface area contributed by atoms with Gasteiger partial charge in [-0.1, -0.05) is 60.1 Å². The monoisotopic (exact) mass is 437 g/mol. The van der Waals surface area contributed by atoms with Gasteiger partial charge in [0.15, 0.2) is 0 Å². The first-order valence-corrected chi connectivity index (χ1v) is 11.2. The SMILES string of the molecule is O=C(OCc1ccccc1Cl)[C@H](Cc1ccccc1)N1C(=O)[C@@H]2[C@H]3CC[C@@H](C3)[C@@H]2C1=O. The van der Waals surface area contributed by atoms with Crippen molar-refractivity contribution < 1.29 is 19.1 Å². The number of carbonyl (C=O) groups excluding carboxylic acids is 3. The van der Waals surface area contributed by atoms with Crippen LogP contribution in [0.4, 0.5) is 0 Å². The van der Waals surface area contributed by atoms with Crippen LogP contribution in [0, 0.1) is 23.7 Å². The average Bonchev–Trinajstić information content (AvgIpc) is 3.46. The quantitative estimate of drug-likeness (QED) is 0.505. The number of fused-ring (bicyclic) bond motifs is 5. The van der Waals surface area contributed by atoms with Crippen molar-refractivity contribution in [1.29, 1.82) is 0 Å². The van der Waals surface area contributed by atoms with E-state index in [-0.39, 0.29) is 48.5 Å². The number of esters is 1. The molecule has 6 heteroatoms. The molecule has 0 N–H and O–H groups in total. The Morgan fingerprint density at radius 1 is 0.968 bits per heavy atom. The molecule has 2 amide bonds. The number of amides is 2. The Hall–Kier alpha value is -2.66. The predicted octanol–water partition coefficient (Wildman–Crippen LogP) is 4.03. The Bertz CT molecular complexity index is 995. The van der Waals surface area contributed by atoms with Crippen molar-refractivity contribution in [3.05, 3.63) is 70.7 Å². The lowest BCUT2D eigenvalue weighted by atomic mass is 9.81. The molecule has 1 heterocycles. The van der Waals surface area contributed by atoms with Crippen LogP contribution in [0.5, 0.6) is 0 Å². The summed E-state index contributed by atoms with van der Waals surface area (Å²) in [6, 6.07) is 15.6. The molecule has 160 valence electrons. The summed E-state index contributed by atoms with van der Waals surface area (Å²) in [6.07, 6.45) is 3.20. The van der Waals surface area contributed by atoms with Crippen molar-refractivity contribution in [1.82, 2.24) is 4.90 Å². The number of hydrogen-bond donors (Lipinski definition) is 0. The molecule has 0 aromatic heterocycles. The van der Waals surface area contributed by atoms with Gasteiger partial charge in [-0.2, -0.15) is 0 Å². The molecule has 31 heavy (non-hydrogen) atoms. The molecule has 2 aliphatic carbocycles. The molecule has 1 saturated heterocycles. The first-order chi connectivity index (χ1) is 15.0. The molecule has 2 aromatic rings. The number of imide groups is 1. The van der Waals surface area contributed by atoms with Gasteiger partial charge in [0.25, 0.3) is 0 Å². The fraction of sp³-hybridized carbons (Fsp3) is 0.400. The zero-order valence-electron chi connectivity index (χ0n) is 17.1. The number of halogens is 1.